The van der Waals surface area contributed by atoms with E-state index in [1.165, 1.54) is 6.07 Å². The molecule has 1 unspecified atom stereocenters. The molecule has 1 saturated heterocycles. The van der Waals surface area contributed by atoms with E-state index >= 15 is 0 Å². The van der Waals surface area contributed by atoms with Crippen LogP contribution in [0.4, 0.5) is 0 Å². The molecular weight excluding hydrogens is 376 g/mol. The van der Waals surface area contributed by atoms with Gasteiger partial charge < -0.3 is 9.73 Å². The van der Waals surface area contributed by atoms with Gasteiger partial charge in [-0.05, 0) is 49.7 Å². The highest BCUT2D eigenvalue weighted by Crippen LogP contribution is 2.29. The highest BCUT2D eigenvalue weighted by atomic mass is 35.5. The zero-order valence-corrected chi connectivity index (χ0v) is 16.1. The van der Waals surface area contributed by atoms with Gasteiger partial charge in [0.25, 0.3) is 5.91 Å². The largest absolute Gasteiger partial charge is 0.451 e. The second-order valence-electron chi connectivity index (χ2n) is 6.96. The minimum Gasteiger partial charge on any atom is -0.451 e. The van der Waals surface area contributed by atoms with Crippen LogP contribution in [0.25, 0.3) is 11.0 Å². The first-order valence-electron chi connectivity index (χ1n) is 9.43. The minimum atomic E-state index is -0.404. The topological polar surface area (TPSA) is 62.6 Å². The first-order valence-corrected chi connectivity index (χ1v) is 9.81. The van der Waals surface area contributed by atoms with Crippen molar-refractivity contribution in [2.75, 3.05) is 19.6 Å². The Bertz CT molecular complexity index is 1060. The summed E-state index contributed by atoms with van der Waals surface area (Å²) in [4.78, 5) is 27.3. The molecule has 144 valence electrons. The lowest BCUT2D eigenvalue weighted by atomic mass is 10.1. The number of benzene rings is 2. The fourth-order valence-corrected chi connectivity index (χ4v) is 3.99. The number of rotatable bonds is 5. The van der Waals surface area contributed by atoms with Crippen LogP contribution in [-0.4, -0.2) is 30.4 Å². The van der Waals surface area contributed by atoms with Crippen molar-refractivity contribution < 1.29 is 9.21 Å². The number of halogens is 1. The number of para-hydroxylation sites is 1. The molecule has 0 bridgehead atoms. The molecule has 1 aromatic heterocycles. The van der Waals surface area contributed by atoms with Crippen LogP contribution in [0.3, 0.4) is 0 Å². The van der Waals surface area contributed by atoms with Crippen LogP contribution in [0, 0.1) is 0 Å². The lowest BCUT2D eigenvalue weighted by Crippen LogP contribution is -2.37. The van der Waals surface area contributed by atoms with Crippen molar-refractivity contribution in [1.29, 1.82) is 0 Å². The van der Waals surface area contributed by atoms with Gasteiger partial charge in [0.15, 0.2) is 11.2 Å². The van der Waals surface area contributed by atoms with Gasteiger partial charge in [0, 0.05) is 17.6 Å². The molecule has 0 spiro atoms. The Morgan fingerprint density at radius 1 is 1.11 bits per heavy atom. The third-order valence-corrected chi connectivity index (χ3v) is 5.50. The maximum Gasteiger partial charge on any atom is 0.287 e. The third kappa shape index (κ3) is 3.81. The summed E-state index contributed by atoms with van der Waals surface area (Å²) in [6.45, 7) is 2.33. The first kappa shape index (κ1) is 18.7. The molecule has 0 saturated carbocycles. The number of nitrogens with zero attached hydrogens (tertiary/aromatic N) is 1. The summed E-state index contributed by atoms with van der Waals surface area (Å²) >= 11 is 6.42. The van der Waals surface area contributed by atoms with Crippen LogP contribution in [0.1, 0.15) is 35.0 Å². The normalized spacial score (nSPS) is 15.6. The highest BCUT2D eigenvalue weighted by molar-refractivity contribution is 6.31. The second kappa shape index (κ2) is 8.17. The molecular formula is C22H21ClN2O3. The van der Waals surface area contributed by atoms with E-state index in [2.05, 4.69) is 10.2 Å². The van der Waals surface area contributed by atoms with Gasteiger partial charge in [-0.1, -0.05) is 41.9 Å². The molecule has 28 heavy (non-hydrogen) atoms. The highest BCUT2D eigenvalue weighted by Gasteiger charge is 2.26. The van der Waals surface area contributed by atoms with Crippen LogP contribution in [0.5, 0.6) is 0 Å². The summed E-state index contributed by atoms with van der Waals surface area (Å²) in [6.07, 6.45) is 2.27. The van der Waals surface area contributed by atoms with Crippen molar-refractivity contribution in [2.45, 2.75) is 18.9 Å². The number of hydrogen-bond donors (Lipinski definition) is 1. The summed E-state index contributed by atoms with van der Waals surface area (Å²) < 4.78 is 5.64. The predicted molar refractivity (Wildman–Crippen MR) is 110 cm³/mol. The third-order valence-electron chi connectivity index (χ3n) is 5.16. The number of fused-ring (bicyclic) bond motifs is 1. The number of likely N-dealkylation sites (tertiary alicyclic amines) is 1. The van der Waals surface area contributed by atoms with Crippen LogP contribution >= 0.6 is 11.6 Å². The van der Waals surface area contributed by atoms with Crippen molar-refractivity contribution in [3.05, 3.63) is 81.2 Å². The number of carbonyl (C=O) groups is 1. The summed E-state index contributed by atoms with van der Waals surface area (Å²) in [5.74, 6) is -0.387. The summed E-state index contributed by atoms with van der Waals surface area (Å²) in [5, 5.41) is 4.07. The minimum absolute atomic E-state index is 0.0167. The molecule has 0 radical (unpaired) electrons. The molecule has 1 aliphatic rings. The number of hydrogen-bond acceptors (Lipinski definition) is 4. The van der Waals surface area contributed by atoms with E-state index in [-0.39, 0.29) is 17.2 Å². The molecule has 2 heterocycles. The van der Waals surface area contributed by atoms with E-state index in [0.717, 1.165) is 31.5 Å². The van der Waals surface area contributed by atoms with Crippen LogP contribution in [-0.2, 0) is 0 Å². The van der Waals surface area contributed by atoms with Crippen molar-refractivity contribution in [1.82, 2.24) is 10.2 Å². The molecule has 0 aliphatic carbocycles. The second-order valence-corrected chi connectivity index (χ2v) is 7.37. The quantitative estimate of drug-likeness (QED) is 0.707. The molecule has 1 atom stereocenters. The van der Waals surface area contributed by atoms with Crippen molar-refractivity contribution in [3.8, 4) is 0 Å². The molecule has 5 nitrogen and oxygen atoms in total. The van der Waals surface area contributed by atoms with Gasteiger partial charge in [-0.3, -0.25) is 14.5 Å². The number of carbonyl (C=O) groups excluding carboxylic acids is 1. The van der Waals surface area contributed by atoms with Crippen molar-refractivity contribution in [3.63, 3.8) is 0 Å². The Hall–Kier alpha value is -2.63. The van der Waals surface area contributed by atoms with Gasteiger partial charge in [-0.2, -0.15) is 0 Å². The molecule has 2 aromatic carbocycles. The van der Waals surface area contributed by atoms with Gasteiger partial charge >= 0.3 is 0 Å². The number of nitrogens with one attached hydrogen (secondary N) is 1. The first-order chi connectivity index (χ1) is 13.6. The van der Waals surface area contributed by atoms with E-state index in [4.69, 9.17) is 16.0 Å². The van der Waals surface area contributed by atoms with E-state index in [1.807, 2.05) is 24.3 Å². The molecule has 1 aliphatic heterocycles. The summed E-state index contributed by atoms with van der Waals surface area (Å²) in [6, 6.07) is 15.8. The fourth-order valence-electron chi connectivity index (χ4n) is 3.73. The van der Waals surface area contributed by atoms with Gasteiger partial charge in [0.2, 0.25) is 0 Å². The average Bonchev–Trinajstić information content (AvgIpc) is 3.24. The lowest BCUT2D eigenvalue weighted by molar-refractivity contribution is 0.0910. The van der Waals surface area contributed by atoms with Gasteiger partial charge in [-0.25, -0.2) is 0 Å². The molecule has 4 rings (SSSR count). The van der Waals surface area contributed by atoms with Crippen LogP contribution in [0.15, 0.2) is 63.8 Å². The molecule has 1 N–H and O–H groups in total. The molecule has 1 fully saturated rings. The SMILES string of the molecule is O=C(NCC(c1ccccc1Cl)N1CCCC1)c1cc(=O)c2ccccc2o1. The Balaban J connectivity index is 1.56. The smallest absolute Gasteiger partial charge is 0.287 e. The van der Waals surface area contributed by atoms with Gasteiger partial charge in [-0.15, -0.1) is 0 Å². The maximum absolute atomic E-state index is 12.7. The maximum atomic E-state index is 12.7. The van der Waals surface area contributed by atoms with Gasteiger partial charge in [0.05, 0.1) is 11.4 Å². The zero-order valence-electron chi connectivity index (χ0n) is 15.4. The monoisotopic (exact) mass is 396 g/mol. The van der Waals surface area contributed by atoms with E-state index in [1.54, 1.807) is 24.3 Å². The van der Waals surface area contributed by atoms with Crippen LogP contribution < -0.4 is 10.7 Å². The Morgan fingerprint density at radius 3 is 2.61 bits per heavy atom. The molecule has 1 amide bonds. The van der Waals surface area contributed by atoms with E-state index in [0.29, 0.717) is 22.5 Å². The fraction of sp³-hybridized carbons (Fsp3) is 0.273. The van der Waals surface area contributed by atoms with Crippen molar-refractivity contribution in [2.24, 2.45) is 0 Å². The van der Waals surface area contributed by atoms with Crippen molar-refractivity contribution >= 4 is 28.5 Å². The standard InChI is InChI=1S/C22H21ClN2O3/c23-17-9-3-1-7-15(17)18(25-11-5-6-12-25)14-24-22(27)21-13-19(26)16-8-2-4-10-20(16)28-21/h1-4,7-10,13,18H,5-6,11-12,14H2,(H,24,27). The lowest BCUT2D eigenvalue weighted by Gasteiger charge is -2.28. The Labute approximate surface area is 167 Å². The van der Waals surface area contributed by atoms with E-state index < -0.39 is 5.91 Å². The van der Waals surface area contributed by atoms with E-state index in [9.17, 15) is 9.59 Å². The molecule has 3 aromatic rings. The number of amides is 1. The summed E-state index contributed by atoms with van der Waals surface area (Å²) in [5.41, 5.74) is 1.17. The zero-order chi connectivity index (χ0) is 19.5. The average molecular weight is 397 g/mol. The Kier molecular flexibility index (Phi) is 5.46. The predicted octanol–water partition coefficient (Wildman–Crippen LogP) is 4.01. The Morgan fingerprint density at radius 2 is 1.82 bits per heavy atom. The van der Waals surface area contributed by atoms with Gasteiger partial charge in [0.1, 0.15) is 5.58 Å². The summed E-state index contributed by atoms with van der Waals surface area (Å²) in [7, 11) is 0. The molecule has 6 heteroatoms. The van der Waals surface area contributed by atoms with Crippen LogP contribution in [0.2, 0.25) is 5.02 Å².